The summed E-state index contributed by atoms with van der Waals surface area (Å²) in [4.78, 5) is 0. The lowest BCUT2D eigenvalue weighted by Crippen LogP contribution is -2.27. The minimum absolute atomic E-state index is 0.198. The Labute approximate surface area is 59.8 Å². The third-order valence-corrected chi connectivity index (χ3v) is 2.20. The second-order valence-electron chi connectivity index (χ2n) is 2.88. The van der Waals surface area contributed by atoms with E-state index in [0.717, 1.165) is 0 Å². The molecule has 0 unspecified atom stereocenters. The van der Waals surface area contributed by atoms with Crippen LogP contribution in [0.5, 0.6) is 0 Å². The van der Waals surface area contributed by atoms with E-state index in [-0.39, 0.29) is 5.54 Å². The highest BCUT2D eigenvalue weighted by Crippen LogP contribution is 2.41. The molecule has 0 saturated heterocycles. The zero-order valence-corrected chi connectivity index (χ0v) is 5.83. The Bertz CT molecular complexity index is 211. The third kappa shape index (κ3) is 0.671. The summed E-state index contributed by atoms with van der Waals surface area (Å²) in [5.74, 6) is 0. The minimum Gasteiger partial charge on any atom is -0.328 e. The molecule has 1 aromatic rings. The maximum absolute atomic E-state index is 5.60. The van der Waals surface area contributed by atoms with Crippen molar-refractivity contribution >= 4 is 0 Å². The molecule has 0 aromatic carbocycles. The predicted octanol–water partition coefficient (Wildman–Crippen LogP) is 0.331. The SMILES string of the molecule is NCC1(n2cccn2)CC1. The lowest BCUT2D eigenvalue weighted by molar-refractivity contribution is 0.442. The minimum atomic E-state index is 0.198. The van der Waals surface area contributed by atoms with Crippen LogP contribution in [0.2, 0.25) is 0 Å². The monoisotopic (exact) mass is 137 g/mol. The molecule has 1 heterocycles. The molecule has 0 aliphatic heterocycles. The van der Waals surface area contributed by atoms with Crippen molar-refractivity contribution in [2.24, 2.45) is 5.73 Å². The number of nitrogens with zero attached hydrogens (tertiary/aromatic N) is 2. The molecule has 1 aromatic heterocycles. The van der Waals surface area contributed by atoms with Gasteiger partial charge in [0.1, 0.15) is 0 Å². The molecule has 10 heavy (non-hydrogen) atoms. The van der Waals surface area contributed by atoms with Crippen LogP contribution in [0.15, 0.2) is 18.5 Å². The highest BCUT2D eigenvalue weighted by Gasteiger charge is 2.43. The van der Waals surface area contributed by atoms with Gasteiger partial charge in [-0.3, -0.25) is 4.68 Å². The van der Waals surface area contributed by atoms with E-state index in [1.807, 2.05) is 16.9 Å². The molecule has 2 rings (SSSR count). The number of rotatable bonds is 2. The van der Waals surface area contributed by atoms with Gasteiger partial charge in [-0.2, -0.15) is 5.10 Å². The van der Waals surface area contributed by atoms with Gasteiger partial charge in [0.25, 0.3) is 0 Å². The van der Waals surface area contributed by atoms with Crippen LogP contribution in [0.25, 0.3) is 0 Å². The summed E-state index contributed by atoms with van der Waals surface area (Å²) in [7, 11) is 0. The molecule has 0 atom stereocenters. The Balaban J connectivity index is 2.27. The quantitative estimate of drug-likeness (QED) is 0.638. The Morgan fingerprint density at radius 2 is 2.40 bits per heavy atom. The first kappa shape index (κ1) is 5.92. The molecule has 3 nitrogen and oxygen atoms in total. The lowest BCUT2D eigenvalue weighted by Gasteiger charge is -2.11. The molecular formula is C7H11N3. The van der Waals surface area contributed by atoms with E-state index in [1.54, 1.807) is 6.20 Å². The summed E-state index contributed by atoms with van der Waals surface area (Å²) in [5, 5.41) is 4.16. The first-order valence-corrected chi connectivity index (χ1v) is 3.58. The fourth-order valence-electron chi connectivity index (χ4n) is 1.22. The summed E-state index contributed by atoms with van der Waals surface area (Å²) in [5.41, 5.74) is 5.80. The summed E-state index contributed by atoms with van der Waals surface area (Å²) in [6.45, 7) is 0.717. The highest BCUT2D eigenvalue weighted by molar-refractivity contribution is 5.01. The van der Waals surface area contributed by atoms with Crippen LogP contribution >= 0.6 is 0 Å². The molecule has 3 heteroatoms. The third-order valence-electron chi connectivity index (χ3n) is 2.20. The van der Waals surface area contributed by atoms with Gasteiger partial charge in [0.2, 0.25) is 0 Å². The Hall–Kier alpha value is -0.830. The van der Waals surface area contributed by atoms with E-state index in [0.29, 0.717) is 6.54 Å². The summed E-state index contributed by atoms with van der Waals surface area (Å²) in [6.07, 6.45) is 6.16. The van der Waals surface area contributed by atoms with Crippen molar-refractivity contribution < 1.29 is 0 Å². The van der Waals surface area contributed by atoms with Crippen LogP contribution < -0.4 is 5.73 Å². The van der Waals surface area contributed by atoms with Crippen LogP contribution in [0.4, 0.5) is 0 Å². The van der Waals surface area contributed by atoms with Crippen LogP contribution in [0, 0.1) is 0 Å². The Kier molecular flexibility index (Phi) is 1.08. The average molecular weight is 137 g/mol. The van der Waals surface area contributed by atoms with Gasteiger partial charge in [-0.05, 0) is 18.9 Å². The largest absolute Gasteiger partial charge is 0.328 e. The van der Waals surface area contributed by atoms with Gasteiger partial charge >= 0.3 is 0 Å². The molecule has 1 saturated carbocycles. The van der Waals surface area contributed by atoms with Crippen LogP contribution in [0.3, 0.4) is 0 Å². The second kappa shape index (κ2) is 1.83. The van der Waals surface area contributed by atoms with Crippen LogP contribution in [-0.2, 0) is 5.54 Å². The van der Waals surface area contributed by atoms with Crippen molar-refractivity contribution in [1.29, 1.82) is 0 Å². The lowest BCUT2D eigenvalue weighted by atomic mass is 10.3. The standard InChI is InChI=1S/C7H11N3/c8-6-7(2-3-7)10-5-1-4-9-10/h1,4-5H,2-3,6,8H2. The molecule has 1 aliphatic rings. The van der Waals surface area contributed by atoms with Gasteiger partial charge in [0.15, 0.2) is 0 Å². The Morgan fingerprint density at radius 3 is 2.80 bits per heavy atom. The van der Waals surface area contributed by atoms with Gasteiger partial charge in [-0.15, -0.1) is 0 Å². The highest BCUT2D eigenvalue weighted by atomic mass is 15.3. The smallest absolute Gasteiger partial charge is 0.0751 e. The zero-order valence-electron chi connectivity index (χ0n) is 5.83. The summed E-state index contributed by atoms with van der Waals surface area (Å²) < 4.78 is 1.98. The first-order chi connectivity index (χ1) is 4.87. The predicted molar refractivity (Wildman–Crippen MR) is 38.5 cm³/mol. The van der Waals surface area contributed by atoms with Crippen molar-refractivity contribution in [3.8, 4) is 0 Å². The normalized spacial score (nSPS) is 20.9. The zero-order chi connectivity index (χ0) is 7.03. The van der Waals surface area contributed by atoms with E-state index in [9.17, 15) is 0 Å². The van der Waals surface area contributed by atoms with Crippen LogP contribution in [-0.4, -0.2) is 16.3 Å². The van der Waals surface area contributed by atoms with E-state index in [2.05, 4.69) is 5.10 Å². The molecular weight excluding hydrogens is 126 g/mol. The average Bonchev–Trinajstić information content (AvgIpc) is 2.58. The van der Waals surface area contributed by atoms with Gasteiger partial charge in [0.05, 0.1) is 5.54 Å². The number of aromatic nitrogens is 2. The van der Waals surface area contributed by atoms with Gasteiger partial charge in [0, 0.05) is 18.9 Å². The molecule has 1 aliphatic carbocycles. The maximum Gasteiger partial charge on any atom is 0.0751 e. The van der Waals surface area contributed by atoms with Crippen molar-refractivity contribution in [3.63, 3.8) is 0 Å². The van der Waals surface area contributed by atoms with Gasteiger partial charge in [-0.25, -0.2) is 0 Å². The number of hydrogen-bond acceptors (Lipinski definition) is 2. The van der Waals surface area contributed by atoms with Crippen molar-refractivity contribution in [2.75, 3.05) is 6.54 Å². The second-order valence-corrected chi connectivity index (χ2v) is 2.88. The first-order valence-electron chi connectivity index (χ1n) is 3.58. The fourth-order valence-corrected chi connectivity index (χ4v) is 1.22. The van der Waals surface area contributed by atoms with Crippen molar-refractivity contribution in [3.05, 3.63) is 18.5 Å². The molecule has 0 spiro atoms. The molecule has 0 radical (unpaired) electrons. The number of hydrogen-bond donors (Lipinski definition) is 1. The summed E-state index contributed by atoms with van der Waals surface area (Å²) in [6, 6.07) is 1.94. The van der Waals surface area contributed by atoms with E-state index < -0.39 is 0 Å². The number of nitrogens with two attached hydrogens (primary N) is 1. The van der Waals surface area contributed by atoms with E-state index in [1.165, 1.54) is 12.8 Å². The molecule has 1 fully saturated rings. The summed E-state index contributed by atoms with van der Waals surface area (Å²) >= 11 is 0. The Morgan fingerprint density at radius 1 is 1.60 bits per heavy atom. The molecule has 2 N–H and O–H groups in total. The molecule has 54 valence electrons. The van der Waals surface area contributed by atoms with Gasteiger partial charge < -0.3 is 5.73 Å². The van der Waals surface area contributed by atoms with Crippen LogP contribution in [0.1, 0.15) is 12.8 Å². The van der Waals surface area contributed by atoms with Crippen molar-refractivity contribution in [2.45, 2.75) is 18.4 Å². The topological polar surface area (TPSA) is 43.8 Å². The maximum atomic E-state index is 5.60. The van der Waals surface area contributed by atoms with Crippen molar-refractivity contribution in [1.82, 2.24) is 9.78 Å². The van der Waals surface area contributed by atoms with E-state index in [4.69, 9.17) is 5.73 Å². The molecule has 0 bridgehead atoms. The van der Waals surface area contributed by atoms with Gasteiger partial charge in [-0.1, -0.05) is 0 Å². The molecule has 0 amide bonds. The fraction of sp³-hybridized carbons (Fsp3) is 0.571. The van der Waals surface area contributed by atoms with E-state index >= 15 is 0 Å².